The van der Waals surface area contributed by atoms with Gasteiger partial charge in [0.25, 0.3) is 17.7 Å². The number of anilines is 1. The van der Waals surface area contributed by atoms with Crippen LogP contribution in [0.2, 0.25) is 0 Å². The van der Waals surface area contributed by atoms with Gasteiger partial charge in [0.05, 0.1) is 20.5 Å². The number of likely N-dealkylation sites (tertiary alicyclic amines) is 1. The molecule has 0 radical (unpaired) electrons. The molecule has 0 atom stereocenters. The molecule has 3 amide bonds. The van der Waals surface area contributed by atoms with E-state index in [2.05, 4.69) is 20.6 Å². The van der Waals surface area contributed by atoms with Gasteiger partial charge < -0.3 is 29.4 Å². The van der Waals surface area contributed by atoms with Gasteiger partial charge in [-0.05, 0) is 43.2 Å². The minimum Gasteiger partial charge on any atom is -0.493 e. The number of rotatable bonds is 7. The zero-order valence-corrected chi connectivity index (χ0v) is 19.3. The van der Waals surface area contributed by atoms with Crippen LogP contribution >= 0.6 is 0 Å². The fraction of sp³-hybridized carbons (Fsp3) is 0.292. The number of nitrogens with one attached hydrogen (secondary N) is 2. The molecule has 2 N–H and O–H groups in total. The maximum Gasteiger partial charge on any atom is 0.292 e. The van der Waals surface area contributed by atoms with Gasteiger partial charge in [0.1, 0.15) is 0 Å². The van der Waals surface area contributed by atoms with E-state index in [0.29, 0.717) is 43.0 Å². The van der Waals surface area contributed by atoms with Crippen molar-refractivity contribution in [1.29, 1.82) is 0 Å². The molecule has 0 saturated carbocycles. The number of carbonyl (C=O) groups excluding carboxylic acids is 3. The van der Waals surface area contributed by atoms with Crippen LogP contribution in [0.4, 0.5) is 5.82 Å². The Balaban J connectivity index is 1.35. The average molecular weight is 479 g/mol. The van der Waals surface area contributed by atoms with E-state index in [0.717, 1.165) is 0 Å². The summed E-state index contributed by atoms with van der Waals surface area (Å²) in [5.74, 6) is 0.0474. The molecule has 182 valence electrons. The van der Waals surface area contributed by atoms with Crippen LogP contribution in [0.1, 0.15) is 44.2 Å². The molecule has 1 saturated heterocycles. The van der Waals surface area contributed by atoms with E-state index in [-0.39, 0.29) is 29.2 Å². The Kier molecular flexibility index (Phi) is 7.24. The summed E-state index contributed by atoms with van der Waals surface area (Å²) >= 11 is 0. The van der Waals surface area contributed by atoms with Crippen LogP contribution in [-0.4, -0.2) is 65.9 Å². The monoisotopic (exact) mass is 479 g/mol. The second kappa shape index (κ2) is 10.7. The number of hydrogen-bond acceptors (Lipinski definition) is 8. The van der Waals surface area contributed by atoms with E-state index < -0.39 is 11.8 Å². The number of aromatic nitrogens is 2. The number of ether oxygens (including phenoxy) is 2. The van der Waals surface area contributed by atoms with Gasteiger partial charge in [-0.15, -0.1) is 0 Å². The Labute approximate surface area is 201 Å². The summed E-state index contributed by atoms with van der Waals surface area (Å²) in [5, 5.41) is 5.47. The molecular formula is C24H25N5O6. The number of carbonyl (C=O) groups is 3. The number of piperidine rings is 1. The van der Waals surface area contributed by atoms with Crippen molar-refractivity contribution < 1.29 is 28.3 Å². The fourth-order valence-corrected chi connectivity index (χ4v) is 3.81. The van der Waals surface area contributed by atoms with E-state index in [1.54, 1.807) is 29.2 Å². The molecule has 0 aliphatic carbocycles. The molecule has 1 aliphatic heterocycles. The predicted octanol–water partition coefficient (Wildman–Crippen LogP) is 2.37. The van der Waals surface area contributed by atoms with Crippen molar-refractivity contribution in [1.82, 2.24) is 20.2 Å². The normalized spacial score (nSPS) is 13.7. The van der Waals surface area contributed by atoms with Crippen LogP contribution in [0, 0.1) is 0 Å². The minimum absolute atomic E-state index is 0.00348. The summed E-state index contributed by atoms with van der Waals surface area (Å²) in [6.07, 6.45) is 5.27. The van der Waals surface area contributed by atoms with E-state index >= 15 is 0 Å². The van der Waals surface area contributed by atoms with Crippen LogP contribution in [-0.2, 0) is 0 Å². The van der Waals surface area contributed by atoms with Gasteiger partial charge in [-0.3, -0.25) is 14.4 Å². The third-order valence-corrected chi connectivity index (χ3v) is 5.64. The summed E-state index contributed by atoms with van der Waals surface area (Å²) in [6, 6.07) is 7.98. The summed E-state index contributed by atoms with van der Waals surface area (Å²) in [5.41, 5.74) is 0.498. The van der Waals surface area contributed by atoms with E-state index in [4.69, 9.17) is 13.9 Å². The van der Waals surface area contributed by atoms with Crippen molar-refractivity contribution in [3.05, 3.63) is 66.0 Å². The molecule has 1 aromatic carbocycles. The Hall–Kier alpha value is -4.41. The third kappa shape index (κ3) is 5.40. The van der Waals surface area contributed by atoms with Crippen molar-refractivity contribution >= 4 is 23.5 Å². The first-order chi connectivity index (χ1) is 17.0. The Morgan fingerprint density at radius 2 is 1.74 bits per heavy atom. The number of amides is 3. The van der Waals surface area contributed by atoms with Gasteiger partial charge in [-0.2, -0.15) is 0 Å². The summed E-state index contributed by atoms with van der Waals surface area (Å²) < 4.78 is 15.6. The van der Waals surface area contributed by atoms with Crippen LogP contribution < -0.4 is 20.1 Å². The zero-order chi connectivity index (χ0) is 24.8. The second-order valence-corrected chi connectivity index (χ2v) is 7.79. The quantitative estimate of drug-likeness (QED) is 0.527. The molecule has 4 rings (SSSR count). The zero-order valence-electron chi connectivity index (χ0n) is 19.3. The maximum atomic E-state index is 12.9. The molecule has 1 fully saturated rings. The number of methoxy groups -OCH3 is 2. The smallest absolute Gasteiger partial charge is 0.292 e. The molecule has 11 nitrogen and oxygen atoms in total. The molecule has 3 aromatic rings. The molecule has 11 heteroatoms. The fourth-order valence-electron chi connectivity index (χ4n) is 3.81. The van der Waals surface area contributed by atoms with Crippen molar-refractivity contribution in [2.75, 3.05) is 32.6 Å². The van der Waals surface area contributed by atoms with Gasteiger partial charge in [0.15, 0.2) is 28.8 Å². The highest BCUT2D eigenvalue weighted by atomic mass is 16.5. The summed E-state index contributed by atoms with van der Waals surface area (Å²) in [6.45, 7) is 0.946. The minimum atomic E-state index is -0.536. The van der Waals surface area contributed by atoms with Crippen molar-refractivity contribution in [3.8, 4) is 11.5 Å². The van der Waals surface area contributed by atoms with Crippen molar-refractivity contribution in [2.45, 2.75) is 18.9 Å². The van der Waals surface area contributed by atoms with E-state index in [1.165, 1.54) is 38.9 Å². The van der Waals surface area contributed by atoms with E-state index in [9.17, 15) is 14.4 Å². The number of hydrogen-bond donors (Lipinski definition) is 2. The first-order valence-corrected chi connectivity index (χ1v) is 11.0. The highest BCUT2D eigenvalue weighted by molar-refractivity contribution is 6.06. The number of benzene rings is 1. The lowest BCUT2D eigenvalue weighted by Crippen LogP contribution is -2.46. The van der Waals surface area contributed by atoms with Gasteiger partial charge in [-0.1, -0.05) is 0 Å². The third-order valence-electron chi connectivity index (χ3n) is 5.64. The Morgan fingerprint density at radius 1 is 1.00 bits per heavy atom. The van der Waals surface area contributed by atoms with Gasteiger partial charge in [0.2, 0.25) is 0 Å². The molecule has 1 aliphatic rings. The maximum absolute atomic E-state index is 12.9. The number of furan rings is 1. The lowest BCUT2D eigenvalue weighted by Gasteiger charge is -2.32. The van der Waals surface area contributed by atoms with Crippen LogP contribution in [0.3, 0.4) is 0 Å². The lowest BCUT2D eigenvalue weighted by molar-refractivity contribution is 0.0697. The SMILES string of the molecule is COc1ccc(C(=O)N2CCC(NC(=O)c3nccnc3NC(=O)c3ccco3)CC2)cc1OC. The van der Waals surface area contributed by atoms with Crippen molar-refractivity contribution in [3.63, 3.8) is 0 Å². The van der Waals surface area contributed by atoms with Gasteiger partial charge in [0, 0.05) is 37.1 Å². The molecule has 3 heterocycles. The topological polar surface area (TPSA) is 136 Å². The molecule has 0 spiro atoms. The Morgan fingerprint density at radius 3 is 2.43 bits per heavy atom. The second-order valence-electron chi connectivity index (χ2n) is 7.79. The first kappa shape index (κ1) is 23.7. The average Bonchev–Trinajstić information content (AvgIpc) is 3.44. The highest BCUT2D eigenvalue weighted by Crippen LogP contribution is 2.28. The standard InChI is InChI=1S/C24H25N5O6/c1-33-17-6-5-15(14-19(17)34-2)24(32)29-11-7-16(8-12-29)27-23(31)20-21(26-10-9-25-20)28-22(30)18-4-3-13-35-18/h3-6,9-10,13-14,16H,7-8,11-12H2,1-2H3,(H,27,31)(H,26,28,30). The van der Waals surface area contributed by atoms with Crippen LogP contribution in [0.15, 0.2) is 53.4 Å². The largest absolute Gasteiger partial charge is 0.493 e. The van der Waals surface area contributed by atoms with Crippen LogP contribution in [0.5, 0.6) is 11.5 Å². The molecule has 0 unspecified atom stereocenters. The predicted molar refractivity (Wildman–Crippen MR) is 125 cm³/mol. The summed E-state index contributed by atoms with van der Waals surface area (Å²) in [4.78, 5) is 48.0. The van der Waals surface area contributed by atoms with E-state index in [1.807, 2.05) is 0 Å². The highest BCUT2D eigenvalue weighted by Gasteiger charge is 2.27. The molecule has 35 heavy (non-hydrogen) atoms. The van der Waals surface area contributed by atoms with Gasteiger partial charge >= 0.3 is 0 Å². The number of nitrogens with zero attached hydrogens (tertiary/aromatic N) is 3. The van der Waals surface area contributed by atoms with Gasteiger partial charge in [-0.25, -0.2) is 9.97 Å². The summed E-state index contributed by atoms with van der Waals surface area (Å²) in [7, 11) is 3.06. The molecule has 0 bridgehead atoms. The molecule has 2 aromatic heterocycles. The Bertz CT molecular complexity index is 1200. The first-order valence-electron chi connectivity index (χ1n) is 11.0. The lowest BCUT2D eigenvalue weighted by atomic mass is 10.0. The van der Waals surface area contributed by atoms with Crippen LogP contribution in [0.25, 0.3) is 0 Å². The molecular weight excluding hydrogens is 454 g/mol. The van der Waals surface area contributed by atoms with Crippen molar-refractivity contribution in [2.24, 2.45) is 0 Å².